The molecule has 0 heterocycles. The lowest BCUT2D eigenvalue weighted by molar-refractivity contribution is 0.159. The first-order chi connectivity index (χ1) is 12.8. The van der Waals surface area contributed by atoms with Crippen molar-refractivity contribution in [3.8, 4) is 0 Å². The number of hydrogen-bond acceptors (Lipinski definition) is 5. The van der Waals surface area contributed by atoms with E-state index in [0.717, 1.165) is 25.3 Å². The fourth-order valence-electron chi connectivity index (χ4n) is 2.29. The maximum absolute atomic E-state index is 11.8. The molecule has 0 atom stereocenters. The molecule has 0 radical (unpaired) electrons. The van der Waals surface area contributed by atoms with E-state index in [4.69, 9.17) is 22.1 Å². The summed E-state index contributed by atoms with van der Waals surface area (Å²) in [6, 6.07) is 3.68. The van der Waals surface area contributed by atoms with Crippen molar-refractivity contribution in [3.05, 3.63) is 18.2 Å². The molecule has 0 saturated heterocycles. The molecule has 1 aromatic rings. The van der Waals surface area contributed by atoms with Crippen LogP contribution in [0.15, 0.2) is 28.1 Å². The van der Waals surface area contributed by atoms with E-state index in [2.05, 4.69) is 17.2 Å². The normalized spacial score (nSPS) is 12.0. The van der Waals surface area contributed by atoms with E-state index in [1.165, 1.54) is 31.4 Å². The average Bonchev–Trinajstić information content (AvgIpc) is 2.60. The number of rotatable bonds is 11. The molecular formula is C17H26ClN3O5S. The summed E-state index contributed by atoms with van der Waals surface area (Å²) in [7, 11) is -4.51. The predicted molar refractivity (Wildman–Crippen MR) is 107 cm³/mol. The number of alkyl halides is 1. The van der Waals surface area contributed by atoms with Crippen molar-refractivity contribution >= 4 is 45.0 Å². The van der Waals surface area contributed by atoms with Gasteiger partial charge in [-0.3, -0.25) is 9.87 Å². The first kappa shape index (κ1) is 23.2. The smallest absolute Gasteiger partial charge is 0.411 e. The number of carbonyl (C=O) groups is 1. The van der Waals surface area contributed by atoms with Gasteiger partial charge in [0.15, 0.2) is 0 Å². The molecule has 0 bridgehead atoms. The third-order valence-corrected chi connectivity index (χ3v) is 4.79. The summed E-state index contributed by atoms with van der Waals surface area (Å²) in [5.74, 6) is -0.160. The predicted octanol–water partition coefficient (Wildman–Crippen LogP) is 4.07. The number of hydrogen-bond donors (Lipinski definition) is 3. The van der Waals surface area contributed by atoms with Crippen molar-refractivity contribution in [2.45, 2.75) is 50.3 Å². The van der Waals surface area contributed by atoms with E-state index in [1.54, 1.807) is 0 Å². The zero-order valence-electron chi connectivity index (χ0n) is 15.3. The molecule has 0 saturated carbocycles. The monoisotopic (exact) mass is 419 g/mol. The van der Waals surface area contributed by atoms with Crippen LogP contribution in [0.5, 0.6) is 0 Å². The number of nitrogens with one attached hydrogen (secondary N) is 1. The number of amidine groups is 1. The largest absolute Gasteiger partial charge is 0.449 e. The summed E-state index contributed by atoms with van der Waals surface area (Å²) in [6.07, 6.45) is 5.78. The van der Waals surface area contributed by atoms with Gasteiger partial charge in [-0.2, -0.15) is 8.42 Å². The van der Waals surface area contributed by atoms with E-state index in [0.29, 0.717) is 6.61 Å². The van der Waals surface area contributed by atoms with Gasteiger partial charge in [0.25, 0.3) is 10.1 Å². The fraction of sp³-hybridized carbons (Fsp3) is 0.529. The molecule has 152 valence electrons. The van der Waals surface area contributed by atoms with Crippen LogP contribution in [0.1, 0.15) is 45.4 Å². The highest BCUT2D eigenvalue weighted by molar-refractivity contribution is 7.86. The standard InChI is InChI=1S/C17H26ClN3O5S/c1-2-3-4-5-6-7-10-26-17(22)20-13-8-9-15(27(23,24)25)14(11-13)21-16(19)12-18/h8-9,11H,2-7,10,12H2,1H3,(H2,19,21)(H,20,22)(H,23,24,25). The van der Waals surface area contributed by atoms with Gasteiger partial charge in [-0.25, -0.2) is 9.79 Å². The molecule has 0 fully saturated rings. The van der Waals surface area contributed by atoms with Gasteiger partial charge in [0.2, 0.25) is 0 Å². The number of nitrogens with zero attached hydrogens (tertiary/aromatic N) is 1. The number of anilines is 1. The lowest BCUT2D eigenvalue weighted by Gasteiger charge is -2.09. The highest BCUT2D eigenvalue weighted by Crippen LogP contribution is 2.28. The first-order valence-electron chi connectivity index (χ1n) is 8.72. The number of aliphatic imine (C=N–C) groups is 1. The number of ether oxygens (including phenoxy) is 1. The van der Waals surface area contributed by atoms with Crippen molar-refractivity contribution in [2.24, 2.45) is 10.7 Å². The Balaban J connectivity index is 2.67. The maximum atomic E-state index is 11.8. The van der Waals surface area contributed by atoms with Gasteiger partial charge in [-0.1, -0.05) is 39.0 Å². The zero-order valence-corrected chi connectivity index (χ0v) is 16.9. The van der Waals surface area contributed by atoms with Crippen LogP contribution in [-0.2, 0) is 14.9 Å². The summed E-state index contributed by atoms with van der Waals surface area (Å²) < 4.78 is 37.2. The highest BCUT2D eigenvalue weighted by atomic mass is 35.5. The molecule has 0 unspecified atom stereocenters. The van der Waals surface area contributed by atoms with E-state index < -0.39 is 21.1 Å². The van der Waals surface area contributed by atoms with Crippen molar-refractivity contribution in [2.75, 3.05) is 17.8 Å². The van der Waals surface area contributed by atoms with Crippen molar-refractivity contribution in [3.63, 3.8) is 0 Å². The van der Waals surface area contributed by atoms with Crippen LogP contribution in [0.25, 0.3) is 0 Å². The summed E-state index contributed by atoms with van der Waals surface area (Å²) in [4.78, 5) is 15.2. The second-order valence-electron chi connectivity index (χ2n) is 5.92. The lowest BCUT2D eigenvalue weighted by atomic mass is 10.1. The minimum absolute atomic E-state index is 0.0376. The van der Waals surface area contributed by atoms with Gasteiger partial charge in [0, 0.05) is 5.69 Å². The summed E-state index contributed by atoms with van der Waals surface area (Å²) >= 11 is 5.55. The summed E-state index contributed by atoms with van der Waals surface area (Å²) in [5, 5.41) is 2.48. The van der Waals surface area contributed by atoms with Gasteiger partial charge in [0.1, 0.15) is 10.7 Å². The fourth-order valence-corrected chi connectivity index (χ4v) is 2.96. The Morgan fingerprint density at radius 3 is 2.56 bits per heavy atom. The average molecular weight is 420 g/mol. The molecule has 8 nitrogen and oxygen atoms in total. The van der Waals surface area contributed by atoms with Crippen LogP contribution in [-0.4, -0.2) is 37.4 Å². The molecule has 27 heavy (non-hydrogen) atoms. The second kappa shape index (κ2) is 11.8. The first-order valence-corrected chi connectivity index (χ1v) is 10.7. The van der Waals surface area contributed by atoms with Gasteiger partial charge in [-0.15, -0.1) is 11.6 Å². The molecule has 1 rings (SSSR count). The lowest BCUT2D eigenvalue weighted by Crippen LogP contribution is -2.15. The number of amides is 1. The Bertz CT molecular complexity index is 753. The quantitative estimate of drug-likeness (QED) is 0.163. The Kier molecular flexibility index (Phi) is 10.1. The number of unbranched alkanes of at least 4 members (excludes halogenated alkanes) is 5. The number of nitrogens with two attached hydrogens (primary N) is 1. The molecule has 4 N–H and O–H groups in total. The molecule has 0 aliphatic carbocycles. The Morgan fingerprint density at radius 1 is 1.26 bits per heavy atom. The minimum Gasteiger partial charge on any atom is -0.449 e. The Hall–Kier alpha value is -1.84. The highest BCUT2D eigenvalue weighted by Gasteiger charge is 2.17. The molecule has 0 aliphatic heterocycles. The van der Waals surface area contributed by atoms with E-state index in [1.807, 2.05) is 0 Å². The molecule has 0 aromatic heterocycles. The van der Waals surface area contributed by atoms with Crippen LogP contribution in [0.4, 0.5) is 16.2 Å². The topological polar surface area (TPSA) is 131 Å². The number of benzene rings is 1. The van der Waals surface area contributed by atoms with Crippen LogP contribution < -0.4 is 11.1 Å². The number of halogens is 1. The van der Waals surface area contributed by atoms with Crippen LogP contribution >= 0.6 is 11.6 Å². The molecule has 1 aromatic carbocycles. The minimum atomic E-state index is -4.51. The second-order valence-corrected chi connectivity index (χ2v) is 7.58. The molecule has 0 spiro atoms. The summed E-state index contributed by atoms with van der Waals surface area (Å²) in [5.41, 5.74) is 5.63. The summed E-state index contributed by atoms with van der Waals surface area (Å²) in [6.45, 7) is 2.45. The van der Waals surface area contributed by atoms with Crippen LogP contribution in [0, 0.1) is 0 Å². The van der Waals surface area contributed by atoms with Crippen molar-refractivity contribution < 1.29 is 22.5 Å². The molecule has 1 amide bonds. The zero-order chi connectivity index (χ0) is 20.3. The Labute approximate surface area is 164 Å². The third-order valence-electron chi connectivity index (χ3n) is 3.62. The maximum Gasteiger partial charge on any atom is 0.411 e. The van der Waals surface area contributed by atoms with Crippen molar-refractivity contribution in [1.29, 1.82) is 0 Å². The molecular weight excluding hydrogens is 394 g/mol. The molecule has 10 heteroatoms. The van der Waals surface area contributed by atoms with E-state index >= 15 is 0 Å². The molecule has 0 aliphatic rings. The van der Waals surface area contributed by atoms with Crippen molar-refractivity contribution in [1.82, 2.24) is 0 Å². The van der Waals surface area contributed by atoms with Crippen LogP contribution in [0.3, 0.4) is 0 Å². The van der Waals surface area contributed by atoms with E-state index in [-0.39, 0.29) is 23.1 Å². The van der Waals surface area contributed by atoms with E-state index in [9.17, 15) is 17.8 Å². The third kappa shape index (κ3) is 9.07. The van der Waals surface area contributed by atoms with Gasteiger partial charge < -0.3 is 10.5 Å². The SMILES string of the molecule is CCCCCCCCOC(=O)Nc1ccc(S(=O)(=O)O)c(N=C(N)CCl)c1. The van der Waals surface area contributed by atoms with Gasteiger partial charge in [-0.05, 0) is 24.6 Å². The van der Waals surface area contributed by atoms with Gasteiger partial charge in [0.05, 0.1) is 18.2 Å². The van der Waals surface area contributed by atoms with Crippen LogP contribution in [0.2, 0.25) is 0 Å². The van der Waals surface area contributed by atoms with Gasteiger partial charge >= 0.3 is 6.09 Å². The Morgan fingerprint density at radius 2 is 1.93 bits per heavy atom. The number of carbonyl (C=O) groups excluding carboxylic acids is 1.